The molecule has 0 aromatic rings. The third kappa shape index (κ3) is 6.98. The van der Waals surface area contributed by atoms with Gasteiger partial charge < -0.3 is 18.4 Å². The van der Waals surface area contributed by atoms with Crippen LogP contribution in [0, 0.1) is 0 Å². The van der Waals surface area contributed by atoms with E-state index in [4.69, 9.17) is 5.11 Å². The third-order valence-electron chi connectivity index (χ3n) is 0.743. The Bertz CT molecular complexity index is 139. The molecule has 0 aliphatic heterocycles. The zero-order valence-corrected chi connectivity index (χ0v) is 9.22. The van der Waals surface area contributed by atoms with Crippen molar-refractivity contribution in [1.82, 2.24) is 4.90 Å². The van der Waals surface area contributed by atoms with Crippen molar-refractivity contribution in [3.05, 3.63) is 0 Å². The van der Waals surface area contributed by atoms with E-state index in [0.717, 1.165) is 0 Å². The standard InChI is InChI=1S/C4H10NO3S.Na/c1-5(2)3-4(6)9(7)8;/h4,6H,3H2,1-2H3;/q-1;+1. The van der Waals surface area contributed by atoms with E-state index >= 15 is 0 Å². The Labute approximate surface area is 84.5 Å². The van der Waals surface area contributed by atoms with Crippen molar-refractivity contribution in [2.75, 3.05) is 20.6 Å². The summed E-state index contributed by atoms with van der Waals surface area (Å²) >= 11 is 0. The van der Waals surface area contributed by atoms with Gasteiger partial charge in [-0.1, -0.05) is 0 Å². The molecule has 0 rings (SSSR count). The molecule has 0 saturated carbocycles. The van der Waals surface area contributed by atoms with Gasteiger partial charge in [0.25, 0.3) is 0 Å². The molecule has 0 aromatic heterocycles. The first-order valence-electron chi connectivity index (χ1n) is 2.45. The predicted molar refractivity (Wildman–Crippen MR) is 33.3 cm³/mol. The first-order chi connectivity index (χ1) is 4.04. The fourth-order valence-electron chi connectivity index (χ4n) is 0.373. The van der Waals surface area contributed by atoms with Crippen LogP contribution in [0.15, 0.2) is 0 Å². The number of hydrogen-bond donors (Lipinski definition) is 1. The van der Waals surface area contributed by atoms with Gasteiger partial charge >= 0.3 is 29.6 Å². The van der Waals surface area contributed by atoms with Crippen LogP contribution in [0.2, 0.25) is 0 Å². The van der Waals surface area contributed by atoms with E-state index in [1.165, 1.54) is 0 Å². The van der Waals surface area contributed by atoms with Crippen molar-refractivity contribution in [3.63, 3.8) is 0 Å². The van der Waals surface area contributed by atoms with Crippen molar-refractivity contribution in [3.8, 4) is 0 Å². The van der Waals surface area contributed by atoms with Gasteiger partial charge in [0.15, 0.2) is 0 Å². The maximum absolute atomic E-state index is 9.96. The van der Waals surface area contributed by atoms with Crippen LogP contribution in [0.25, 0.3) is 0 Å². The SMILES string of the molecule is CN(C)CC(O)[S-](=O)=O.[Na+]. The van der Waals surface area contributed by atoms with Gasteiger partial charge in [-0.15, -0.1) is 0 Å². The summed E-state index contributed by atoms with van der Waals surface area (Å²) in [5.74, 6) is 0. The minimum absolute atomic E-state index is 0. The number of likely N-dealkylation sites (N-methyl/N-ethyl adjacent to an activating group) is 1. The third-order valence-corrected chi connectivity index (χ3v) is 1.34. The fraction of sp³-hybridized carbons (Fsp3) is 1.00. The number of rotatable bonds is 3. The minimum atomic E-state index is -2.37. The van der Waals surface area contributed by atoms with Crippen molar-refractivity contribution < 1.29 is 43.1 Å². The quantitative estimate of drug-likeness (QED) is 0.353. The molecule has 0 amide bonds. The zero-order valence-electron chi connectivity index (χ0n) is 6.40. The normalized spacial score (nSPS) is 13.3. The molecule has 1 unspecified atom stereocenters. The van der Waals surface area contributed by atoms with Gasteiger partial charge in [0.1, 0.15) is 0 Å². The van der Waals surface area contributed by atoms with Crippen LogP contribution in [-0.4, -0.2) is 36.1 Å². The van der Waals surface area contributed by atoms with Crippen LogP contribution in [0.5, 0.6) is 0 Å². The monoisotopic (exact) mass is 175 g/mol. The molecule has 0 aliphatic carbocycles. The van der Waals surface area contributed by atoms with E-state index in [1.807, 2.05) is 0 Å². The second-order valence-corrected chi connectivity index (χ2v) is 3.04. The Morgan fingerprint density at radius 2 is 1.90 bits per heavy atom. The van der Waals surface area contributed by atoms with Gasteiger partial charge in [-0.25, -0.2) is 0 Å². The second kappa shape index (κ2) is 6.57. The summed E-state index contributed by atoms with van der Waals surface area (Å²) in [6.07, 6.45) is 0. The molecule has 0 saturated heterocycles. The second-order valence-electron chi connectivity index (χ2n) is 1.98. The van der Waals surface area contributed by atoms with Crippen molar-refractivity contribution >= 4 is 10.7 Å². The van der Waals surface area contributed by atoms with Gasteiger partial charge in [-0.3, -0.25) is 0 Å². The Morgan fingerprint density at radius 3 is 2.00 bits per heavy atom. The van der Waals surface area contributed by atoms with Crippen LogP contribution in [0.3, 0.4) is 0 Å². The van der Waals surface area contributed by atoms with Crippen molar-refractivity contribution in [2.24, 2.45) is 0 Å². The van der Waals surface area contributed by atoms with E-state index < -0.39 is 16.1 Å². The minimum Gasteiger partial charge on any atom is -0.422 e. The van der Waals surface area contributed by atoms with E-state index in [0.29, 0.717) is 0 Å². The summed E-state index contributed by atoms with van der Waals surface area (Å²) < 4.78 is 19.9. The van der Waals surface area contributed by atoms with Gasteiger partial charge in [0.2, 0.25) is 0 Å². The molecule has 0 aliphatic rings. The molecular weight excluding hydrogens is 165 g/mol. The number of aliphatic hydroxyl groups excluding tert-OH is 1. The fourth-order valence-corrected chi connectivity index (χ4v) is 0.793. The van der Waals surface area contributed by atoms with Crippen LogP contribution in [-0.2, 0) is 19.1 Å². The molecule has 1 atom stereocenters. The zero-order chi connectivity index (χ0) is 7.44. The van der Waals surface area contributed by atoms with Crippen molar-refractivity contribution in [2.45, 2.75) is 5.44 Å². The van der Waals surface area contributed by atoms with Crippen molar-refractivity contribution in [1.29, 1.82) is 0 Å². The largest absolute Gasteiger partial charge is 1.00 e. The first kappa shape index (κ1) is 13.5. The molecule has 0 spiro atoms. The smallest absolute Gasteiger partial charge is 0.422 e. The molecule has 6 heteroatoms. The van der Waals surface area contributed by atoms with Crippen LogP contribution >= 0.6 is 0 Å². The average molecular weight is 175 g/mol. The van der Waals surface area contributed by atoms with Crippen LogP contribution in [0.4, 0.5) is 0 Å². The van der Waals surface area contributed by atoms with Crippen LogP contribution in [0.1, 0.15) is 0 Å². The summed E-state index contributed by atoms with van der Waals surface area (Å²) in [5, 5.41) is 8.64. The Kier molecular flexibility index (Phi) is 8.85. The summed E-state index contributed by atoms with van der Waals surface area (Å²) in [4.78, 5) is 1.60. The molecule has 0 aromatic carbocycles. The van der Waals surface area contributed by atoms with Gasteiger partial charge in [-0.05, 0) is 24.8 Å². The molecule has 56 valence electrons. The average Bonchev–Trinajstić information content (AvgIpc) is 1.63. The Balaban J connectivity index is 0. The Hall–Kier alpha value is 0.870. The van der Waals surface area contributed by atoms with Crippen LogP contribution < -0.4 is 29.6 Å². The molecule has 0 heterocycles. The van der Waals surface area contributed by atoms with Gasteiger partial charge in [0.05, 0.1) is 5.44 Å². The summed E-state index contributed by atoms with van der Waals surface area (Å²) in [6, 6.07) is 0. The Morgan fingerprint density at radius 1 is 1.50 bits per heavy atom. The predicted octanol–water partition coefficient (Wildman–Crippen LogP) is -3.82. The molecule has 0 radical (unpaired) electrons. The first-order valence-corrected chi connectivity index (χ1v) is 3.58. The maximum Gasteiger partial charge on any atom is 1.00 e. The summed E-state index contributed by atoms with van der Waals surface area (Å²) in [7, 11) is 1.01. The maximum atomic E-state index is 9.96. The molecule has 1 N–H and O–H groups in total. The molecular formula is C4H10NNaO3S. The molecule has 0 fully saturated rings. The molecule has 10 heavy (non-hydrogen) atoms. The summed E-state index contributed by atoms with van der Waals surface area (Å²) in [6.45, 7) is 0.149. The topological polar surface area (TPSA) is 57.6 Å². The van der Waals surface area contributed by atoms with Gasteiger partial charge in [0, 0.05) is 6.54 Å². The van der Waals surface area contributed by atoms with E-state index in [1.54, 1.807) is 19.0 Å². The summed E-state index contributed by atoms with van der Waals surface area (Å²) in [5.41, 5.74) is -1.26. The molecule has 0 bridgehead atoms. The number of aliphatic hydroxyl groups is 1. The van der Waals surface area contributed by atoms with E-state index in [9.17, 15) is 8.42 Å². The van der Waals surface area contributed by atoms with Gasteiger partial charge in [-0.2, -0.15) is 0 Å². The number of hydrogen-bond acceptors (Lipinski definition) is 5. The number of nitrogens with zero attached hydrogens (tertiary/aromatic N) is 1. The molecule has 4 nitrogen and oxygen atoms in total. The van der Waals surface area contributed by atoms with E-state index in [2.05, 4.69) is 0 Å². The van der Waals surface area contributed by atoms with E-state index in [-0.39, 0.29) is 36.1 Å².